The molecule has 9 heteroatoms. The molecule has 2 heterocycles. The molecule has 2 aromatic heterocycles. The van der Waals surface area contributed by atoms with Crippen LogP contribution in [0.15, 0.2) is 53.3 Å². The van der Waals surface area contributed by atoms with Crippen LogP contribution < -0.4 is 21.1 Å². The number of benzene rings is 2. The summed E-state index contributed by atoms with van der Waals surface area (Å²) in [6.45, 7) is 5.49. The number of rotatable bonds is 6. The van der Waals surface area contributed by atoms with E-state index in [-0.39, 0.29) is 6.54 Å². The van der Waals surface area contributed by atoms with Gasteiger partial charge in [0.2, 0.25) is 11.9 Å². The summed E-state index contributed by atoms with van der Waals surface area (Å²) in [5.74, 6) is 0.480. The lowest BCUT2D eigenvalue weighted by molar-refractivity contribution is -0.117. The van der Waals surface area contributed by atoms with Crippen LogP contribution in [-0.4, -0.2) is 32.2 Å². The fraction of sp³-hybridized carbons (Fsp3) is 0.217. The number of aromatic nitrogens is 4. The average Bonchev–Trinajstić information content (AvgIpc) is 3.04. The Labute approximate surface area is 184 Å². The molecule has 32 heavy (non-hydrogen) atoms. The van der Waals surface area contributed by atoms with Crippen LogP contribution in [-0.2, 0) is 11.3 Å². The van der Waals surface area contributed by atoms with Crippen molar-refractivity contribution in [1.29, 1.82) is 0 Å². The van der Waals surface area contributed by atoms with Crippen LogP contribution in [0.2, 0.25) is 0 Å². The van der Waals surface area contributed by atoms with E-state index >= 15 is 0 Å². The first-order valence-electron chi connectivity index (χ1n) is 10.1. The maximum absolute atomic E-state index is 13.0. The van der Waals surface area contributed by atoms with E-state index in [1.807, 2.05) is 51.1 Å². The molecule has 0 unspecified atom stereocenters. The number of carbonyl (C=O) groups is 1. The van der Waals surface area contributed by atoms with Crippen molar-refractivity contribution in [2.45, 2.75) is 27.3 Å². The quantitative estimate of drug-likeness (QED) is 0.485. The first-order valence-corrected chi connectivity index (χ1v) is 10.1. The van der Waals surface area contributed by atoms with Crippen LogP contribution in [0.25, 0.3) is 5.65 Å². The molecule has 9 nitrogen and oxygen atoms in total. The molecule has 1 amide bonds. The number of fused-ring (bicyclic) bond motifs is 1. The average molecular weight is 432 g/mol. The Balaban J connectivity index is 1.63. The van der Waals surface area contributed by atoms with Gasteiger partial charge >= 0.3 is 5.69 Å². The second-order valence-electron chi connectivity index (χ2n) is 7.60. The number of ether oxygens (including phenoxy) is 1. The van der Waals surface area contributed by atoms with E-state index in [0.717, 1.165) is 21.5 Å². The molecule has 0 bridgehead atoms. The number of anilines is 3. The first-order chi connectivity index (χ1) is 15.3. The summed E-state index contributed by atoms with van der Waals surface area (Å²) < 4.78 is 7.77. The van der Waals surface area contributed by atoms with E-state index in [1.54, 1.807) is 18.2 Å². The fourth-order valence-electron chi connectivity index (χ4n) is 3.35. The second-order valence-corrected chi connectivity index (χ2v) is 7.60. The lowest BCUT2D eigenvalue weighted by Crippen LogP contribution is -2.29. The van der Waals surface area contributed by atoms with E-state index < -0.39 is 11.6 Å². The van der Waals surface area contributed by atoms with Crippen molar-refractivity contribution in [3.8, 4) is 5.75 Å². The molecule has 164 valence electrons. The van der Waals surface area contributed by atoms with E-state index in [1.165, 1.54) is 11.5 Å². The highest BCUT2D eigenvalue weighted by Gasteiger charge is 2.16. The van der Waals surface area contributed by atoms with Gasteiger partial charge in [-0.2, -0.15) is 0 Å². The molecule has 0 atom stereocenters. The Kier molecular flexibility index (Phi) is 5.63. The molecule has 0 saturated heterocycles. The summed E-state index contributed by atoms with van der Waals surface area (Å²) in [6.07, 6.45) is 0. The van der Waals surface area contributed by atoms with E-state index in [2.05, 4.69) is 20.7 Å². The number of nitrogens with zero attached hydrogens (tertiary/aromatic N) is 4. The van der Waals surface area contributed by atoms with Gasteiger partial charge in [-0.1, -0.05) is 23.8 Å². The first kappa shape index (κ1) is 21.1. The number of hydrogen-bond donors (Lipinski definition) is 2. The second kappa shape index (κ2) is 8.54. The summed E-state index contributed by atoms with van der Waals surface area (Å²) in [7, 11) is 1.53. The van der Waals surface area contributed by atoms with Crippen molar-refractivity contribution in [2.75, 3.05) is 17.7 Å². The minimum atomic E-state index is -0.464. The third kappa shape index (κ3) is 4.31. The predicted octanol–water partition coefficient (Wildman–Crippen LogP) is 3.21. The van der Waals surface area contributed by atoms with Gasteiger partial charge in [0.15, 0.2) is 5.65 Å². The normalized spacial score (nSPS) is 10.9. The zero-order chi connectivity index (χ0) is 22.8. The zero-order valence-electron chi connectivity index (χ0n) is 18.3. The molecule has 0 aliphatic carbocycles. The molecule has 0 spiro atoms. The highest BCUT2D eigenvalue weighted by atomic mass is 16.5. The zero-order valence-corrected chi connectivity index (χ0v) is 18.3. The molecule has 4 rings (SSSR count). The summed E-state index contributed by atoms with van der Waals surface area (Å²) in [6, 6.07) is 14.9. The van der Waals surface area contributed by atoms with Crippen LogP contribution in [0.3, 0.4) is 0 Å². The molecule has 0 fully saturated rings. The molecule has 2 aromatic carbocycles. The van der Waals surface area contributed by atoms with Crippen molar-refractivity contribution < 1.29 is 9.53 Å². The van der Waals surface area contributed by atoms with Gasteiger partial charge in [0.05, 0.1) is 12.8 Å². The van der Waals surface area contributed by atoms with Crippen molar-refractivity contribution in [3.05, 3.63) is 75.8 Å². The molecule has 0 radical (unpaired) electrons. The number of amides is 1. The third-order valence-corrected chi connectivity index (χ3v) is 4.93. The van der Waals surface area contributed by atoms with Gasteiger partial charge in [0.25, 0.3) is 0 Å². The molecular weight excluding hydrogens is 408 g/mol. The minimum absolute atomic E-state index is 0.249. The predicted molar refractivity (Wildman–Crippen MR) is 123 cm³/mol. The smallest absolute Gasteiger partial charge is 0.353 e. The summed E-state index contributed by atoms with van der Waals surface area (Å²) in [5.41, 5.74) is 4.05. The third-order valence-electron chi connectivity index (χ3n) is 4.93. The van der Waals surface area contributed by atoms with Gasteiger partial charge < -0.3 is 15.4 Å². The van der Waals surface area contributed by atoms with Crippen molar-refractivity contribution in [1.82, 2.24) is 19.2 Å². The number of nitrogens with one attached hydrogen (secondary N) is 2. The van der Waals surface area contributed by atoms with Gasteiger partial charge in [-0.05, 0) is 50.6 Å². The Hall–Kier alpha value is -4.14. The van der Waals surface area contributed by atoms with Gasteiger partial charge in [-0.25, -0.2) is 18.9 Å². The molecule has 0 aliphatic rings. The Morgan fingerprint density at radius 3 is 2.47 bits per heavy atom. The van der Waals surface area contributed by atoms with Crippen LogP contribution in [0.1, 0.15) is 16.8 Å². The van der Waals surface area contributed by atoms with Crippen LogP contribution in [0, 0.1) is 20.8 Å². The van der Waals surface area contributed by atoms with Gasteiger partial charge in [-0.15, -0.1) is 5.10 Å². The lowest BCUT2D eigenvalue weighted by atomic mass is 10.2. The van der Waals surface area contributed by atoms with E-state index in [4.69, 9.17) is 4.74 Å². The minimum Gasteiger partial charge on any atom is -0.495 e. The number of aryl methyl sites for hydroxylation is 3. The Bertz CT molecular complexity index is 1350. The number of carbonyl (C=O) groups excluding carboxylic acids is 1. The summed E-state index contributed by atoms with van der Waals surface area (Å²) >= 11 is 0. The standard InChI is InChI=1S/C23H24N6O3/c1-14-5-8-17(9-6-14)25-22-24-16(3)12-20-27-28(23(31)29(20)22)13-21(30)26-18-11-15(2)7-10-19(18)32-4/h5-12H,13H2,1-4H3,(H,24,25)(H,26,30). The van der Waals surface area contributed by atoms with Gasteiger partial charge in [0.1, 0.15) is 12.3 Å². The molecule has 0 aliphatic heterocycles. The summed E-state index contributed by atoms with van der Waals surface area (Å²) in [5, 5.41) is 10.3. The number of methoxy groups -OCH3 is 1. The Morgan fingerprint density at radius 1 is 1.03 bits per heavy atom. The highest BCUT2D eigenvalue weighted by Crippen LogP contribution is 2.25. The van der Waals surface area contributed by atoms with Gasteiger partial charge in [-0.3, -0.25) is 4.79 Å². The Morgan fingerprint density at radius 2 is 1.75 bits per heavy atom. The lowest BCUT2D eigenvalue weighted by Gasteiger charge is -2.10. The van der Waals surface area contributed by atoms with Crippen molar-refractivity contribution >= 4 is 28.9 Å². The van der Waals surface area contributed by atoms with Crippen LogP contribution in [0.5, 0.6) is 5.75 Å². The highest BCUT2D eigenvalue weighted by molar-refractivity contribution is 5.92. The van der Waals surface area contributed by atoms with Crippen LogP contribution in [0.4, 0.5) is 17.3 Å². The van der Waals surface area contributed by atoms with E-state index in [0.29, 0.717) is 28.7 Å². The molecule has 4 aromatic rings. The maximum atomic E-state index is 13.0. The summed E-state index contributed by atoms with van der Waals surface area (Å²) in [4.78, 5) is 30.2. The maximum Gasteiger partial charge on any atom is 0.353 e. The van der Waals surface area contributed by atoms with Crippen LogP contribution >= 0.6 is 0 Å². The number of hydrogen-bond acceptors (Lipinski definition) is 6. The topological polar surface area (TPSA) is 103 Å². The van der Waals surface area contributed by atoms with E-state index in [9.17, 15) is 9.59 Å². The van der Waals surface area contributed by atoms with Crippen molar-refractivity contribution in [3.63, 3.8) is 0 Å². The molecule has 2 N–H and O–H groups in total. The van der Waals surface area contributed by atoms with Gasteiger partial charge in [0, 0.05) is 17.4 Å². The van der Waals surface area contributed by atoms with Crippen molar-refractivity contribution in [2.24, 2.45) is 0 Å². The molecule has 0 saturated carbocycles. The fourth-order valence-corrected chi connectivity index (χ4v) is 3.35. The monoisotopic (exact) mass is 432 g/mol. The SMILES string of the molecule is COc1ccc(C)cc1NC(=O)Cn1nc2cc(C)nc(Nc3ccc(C)cc3)n2c1=O. The largest absolute Gasteiger partial charge is 0.495 e. The molecular formula is C23H24N6O3.